The molecule has 1 saturated heterocycles. The zero-order chi connectivity index (χ0) is 56.6. The molecule has 10 amide bonds. The molecule has 4 rings (SSSR count). The number of primary amides is 1. The first-order chi connectivity index (χ1) is 36.6. The van der Waals surface area contributed by atoms with Gasteiger partial charge in [0.15, 0.2) is 11.9 Å². The summed E-state index contributed by atoms with van der Waals surface area (Å²) in [4.78, 5) is 154. The molecule has 0 bridgehead atoms. The second-order valence-electron chi connectivity index (χ2n) is 18.2. The standard InChI is InChI=1S/C47H71N19O11/c1-24-39(71)62-32(13-8-16-56-47(51)52)40(72)63-31(41(73)65-34(18-27-21-53-23-58-27)43(75)66-36(22-67)45(77)61-30(38(48)70)12-7-15-55-46(49)50)11-5-6-14-54-37(69)19-35(60-25(2)68)44(76)64-33(42(74)59-24)17-26-20-57-29-10-4-3-9-28(26)29/h3-4,9-10,20-21,23-24,30-36,57,67H,5-8,11-19,22H2,1-2H3,(H2,48,70)(H,53,58)(H,54,69)(H,59,74)(H,60,68)(H,61,77)(H,62,71)(H,63,72)(H,64,76)(H,65,73)(H,66,75)(H4,49,50,55)(H4,51,52,56)/t24-,30-,31-,32-,33-,34-,35-,36-/m0/s1. The molecule has 420 valence electrons. The Morgan fingerprint density at radius 1 is 0.779 bits per heavy atom. The van der Waals surface area contributed by atoms with Crippen molar-refractivity contribution in [2.75, 3.05) is 26.2 Å². The summed E-state index contributed by atoms with van der Waals surface area (Å²) in [5.41, 5.74) is 28.9. The van der Waals surface area contributed by atoms with Gasteiger partial charge in [0.1, 0.15) is 48.3 Å². The molecule has 30 heteroatoms. The van der Waals surface area contributed by atoms with Crippen molar-refractivity contribution in [3.63, 3.8) is 0 Å². The number of nitrogens with one attached hydrogen (secondary N) is 11. The number of imidazole rings is 1. The topological polar surface area (TPSA) is 498 Å². The number of hydrogen-bond donors (Lipinski definition) is 17. The minimum absolute atomic E-state index is 0.00362. The van der Waals surface area contributed by atoms with Gasteiger partial charge in [-0.1, -0.05) is 18.2 Å². The van der Waals surface area contributed by atoms with E-state index in [1.807, 2.05) is 6.07 Å². The van der Waals surface area contributed by atoms with Crippen molar-refractivity contribution >= 4 is 81.9 Å². The Bertz CT molecular complexity index is 2600. The van der Waals surface area contributed by atoms with Crippen LogP contribution in [0, 0.1) is 0 Å². The first-order valence-electron chi connectivity index (χ1n) is 24.8. The Kier molecular flexibility index (Phi) is 24.1. The highest BCUT2D eigenvalue weighted by Gasteiger charge is 2.35. The van der Waals surface area contributed by atoms with E-state index in [9.17, 15) is 53.1 Å². The zero-order valence-corrected chi connectivity index (χ0v) is 42.8. The molecule has 77 heavy (non-hydrogen) atoms. The number of aromatic amines is 2. The molecule has 0 aliphatic carbocycles. The third-order valence-electron chi connectivity index (χ3n) is 12.1. The van der Waals surface area contributed by atoms with Crippen LogP contribution < -0.4 is 76.5 Å². The Hall–Kier alpha value is -8.83. The van der Waals surface area contributed by atoms with Gasteiger partial charge in [-0.2, -0.15) is 0 Å². The summed E-state index contributed by atoms with van der Waals surface area (Å²) in [6, 6.07) is -4.20. The normalized spacial score (nSPS) is 20.2. The van der Waals surface area contributed by atoms with Crippen molar-refractivity contribution in [2.45, 2.75) is 126 Å². The molecule has 22 N–H and O–H groups in total. The Balaban J connectivity index is 1.64. The van der Waals surface area contributed by atoms with E-state index in [0.29, 0.717) is 11.3 Å². The molecule has 1 aliphatic heterocycles. The van der Waals surface area contributed by atoms with Crippen LogP contribution in [-0.2, 0) is 60.8 Å². The fraction of sp³-hybridized carbons (Fsp3) is 0.511. The van der Waals surface area contributed by atoms with E-state index in [2.05, 4.69) is 72.8 Å². The largest absolute Gasteiger partial charge is 0.394 e. The van der Waals surface area contributed by atoms with Gasteiger partial charge in [-0.25, -0.2) is 4.98 Å². The molecular weight excluding hydrogens is 1010 g/mol. The van der Waals surface area contributed by atoms with Crippen LogP contribution in [0.5, 0.6) is 0 Å². The molecule has 30 nitrogen and oxygen atoms in total. The lowest BCUT2D eigenvalue weighted by atomic mass is 10.0. The molecule has 0 radical (unpaired) electrons. The fourth-order valence-corrected chi connectivity index (χ4v) is 8.03. The summed E-state index contributed by atoms with van der Waals surface area (Å²) >= 11 is 0. The number of benzene rings is 1. The first kappa shape index (κ1) is 60.7. The van der Waals surface area contributed by atoms with Gasteiger partial charge in [-0.05, 0) is 63.5 Å². The molecule has 2 aromatic heterocycles. The maximum Gasteiger partial charge on any atom is 0.245 e. The highest BCUT2D eigenvalue weighted by molar-refractivity contribution is 5.99. The quantitative estimate of drug-likeness (QED) is 0.0268. The van der Waals surface area contributed by atoms with E-state index in [1.54, 1.807) is 24.4 Å². The minimum atomic E-state index is -1.66. The van der Waals surface area contributed by atoms with E-state index in [4.69, 9.17) is 28.7 Å². The van der Waals surface area contributed by atoms with E-state index < -0.39 is 120 Å². The summed E-state index contributed by atoms with van der Waals surface area (Å²) in [5.74, 6) is -8.95. The number of aliphatic hydroxyl groups is 1. The maximum atomic E-state index is 14.4. The number of nitrogens with zero attached hydrogens (tertiary/aromatic N) is 3. The number of guanidine groups is 2. The van der Waals surface area contributed by atoms with E-state index in [1.165, 1.54) is 19.4 Å². The van der Waals surface area contributed by atoms with Gasteiger partial charge in [0.25, 0.3) is 0 Å². The van der Waals surface area contributed by atoms with Gasteiger partial charge in [0.05, 0.1) is 19.4 Å². The van der Waals surface area contributed by atoms with Crippen LogP contribution in [-0.4, -0.2) is 166 Å². The molecule has 3 heterocycles. The molecule has 1 fully saturated rings. The number of hydrogen-bond acceptors (Lipinski definition) is 14. The number of fused-ring (bicyclic) bond motifs is 1. The predicted molar refractivity (Wildman–Crippen MR) is 279 cm³/mol. The maximum absolute atomic E-state index is 14.4. The van der Waals surface area contributed by atoms with Crippen LogP contribution >= 0.6 is 0 Å². The molecular formula is C47H71N19O11. The van der Waals surface area contributed by atoms with Crippen LogP contribution in [0.15, 0.2) is 53.0 Å². The second-order valence-corrected chi connectivity index (χ2v) is 18.2. The molecule has 0 unspecified atom stereocenters. The SMILES string of the molecule is CC(=O)N[C@H]1CC(=O)NCCCC[C@@H](C(=O)N[C@@H](Cc2cnc[nH]2)C(=O)N[C@@H](CO)C(=O)N[C@@H](CCCN=C(N)N)C(N)=O)NC(=O)[C@H](CCCN=C(N)N)NC(=O)[C@H](C)NC(=O)[C@H](Cc2c[nH]c3ccccc23)NC1=O. The van der Waals surface area contributed by atoms with Crippen LogP contribution in [0.2, 0.25) is 0 Å². The van der Waals surface area contributed by atoms with Crippen molar-refractivity contribution in [2.24, 2.45) is 38.7 Å². The molecule has 3 aromatic rings. The molecule has 0 spiro atoms. The summed E-state index contributed by atoms with van der Waals surface area (Å²) < 4.78 is 0. The van der Waals surface area contributed by atoms with E-state index >= 15 is 0 Å². The minimum Gasteiger partial charge on any atom is -0.394 e. The van der Waals surface area contributed by atoms with Crippen molar-refractivity contribution < 1.29 is 53.1 Å². The predicted octanol–water partition coefficient (Wildman–Crippen LogP) is -6.13. The third-order valence-corrected chi connectivity index (χ3v) is 12.1. The van der Waals surface area contributed by atoms with Gasteiger partial charge in [0, 0.05) is 68.4 Å². The number of aromatic nitrogens is 3. The Labute approximate surface area is 442 Å². The van der Waals surface area contributed by atoms with Crippen molar-refractivity contribution in [3.8, 4) is 0 Å². The van der Waals surface area contributed by atoms with Crippen molar-refractivity contribution in [1.82, 2.24) is 62.8 Å². The number of carbonyl (C=O) groups excluding carboxylic acids is 10. The second kappa shape index (κ2) is 30.5. The van der Waals surface area contributed by atoms with Crippen LogP contribution in [0.25, 0.3) is 10.9 Å². The zero-order valence-electron chi connectivity index (χ0n) is 42.8. The first-order valence-corrected chi connectivity index (χ1v) is 24.8. The van der Waals surface area contributed by atoms with Gasteiger partial charge < -0.3 is 91.6 Å². The highest BCUT2D eigenvalue weighted by Crippen LogP contribution is 2.20. The summed E-state index contributed by atoms with van der Waals surface area (Å²) in [7, 11) is 0. The average molecular weight is 1080 g/mol. The molecule has 0 saturated carbocycles. The Morgan fingerprint density at radius 3 is 2.10 bits per heavy atom. The summed E-state index contributed by atoms with van der Waals surface area (Å²) in [6.45, 7) is 1.66. The Morgan fingerprint density at radius 2 is 1.44 bits per heavy atom. The van der Waals surface area contributed by atoms with E-state index in [-0.39, 0.29) is 89.3 Å². The number of amides is 10. The fourth-order valence-electron chi connectivity index (χ4n) is 8.03. The number of aliphatic hydroxyl groups excluding tert-OH is 1. The van der Waals surface area contributed by atoms with Crippen LogP contribution in [0.4, 0.5) is 0 Å². The van der Waals surface area contributed by atoms with Crippen molar-refractivity contribution in [3.05, 3.63) is 54.2 Å². The smallest absolute Gasteiger partial charge is 0.245 e. The number of carbonyl (C=O) groups is 10. The third kappa shape index (κ3) is 20.4. The number of para-hydroxylation sites is 1. The lowest BCUT2D eigenvalue weighted by Gasteiger charge is -2.27. The van der Waals surface area contributed by atoms with Gasteiger partial charge in [-0.15, -0.1) is 0 Å². The molecule has 1 aromatic carbocycles. The lowest BCUT2D eigenvalue weighted by Crippen LogP contribution is -2.60. The molecule has 1 aliphatic rings. The highest BCUT2D eigenvalue weighted by atomic mass is 16.3. The number of aliphatic imine (C=N–C) groups is 2. The van der Waals surface area contributed by atoms with Crippen molar-refractivity contribution in [1.29, 1.82) is 0 Å². The van der Waals surface area contributed by atoms with Gasteiger partial charge in [-0.3, -0.25) is 57.9 Å². The monoisotopic (exact) mass is 1080 g/mol. The number of nitrogens with two attached hydrogens (primary N) is 5. The molecule has 8 atom stereocenters. The average Bonchev–Trinajstić information content (AvgIpc) is 4.06. The lowest BCUT2D eigenvalue weighted by molar-refractivity contribution is -0.136. The number of rotatable bonds is 21. The summed E-state index contributed by atoms with van der Waals surface area (Å²) in [6.07, 6.45) is 3.92. The van der Waals surface area contributed by atoms with Gasteiger partial charge >= 0.3 is 0 Å². The van der Waals surface area contributed by atoms with E-state index in [0.717, 1.165) is 17.8 Å². The van der Waals surface area contributed by atoms with Crippen LogP contribution in [0.1, 0.15) is 76.5 Å². The van der Waals surface area contributed by atoms with Crippen LogP contribution in [0.3, 0.4) is 0 Å². The summed E-state index contributed by atoms with van der Waals surface area (Å²) in [5, 5.41) is 34.0. The van der Waals surface area contributed by atoms with Gasteiger partial charge in [0.2, 0.25) is 59.1 Å². The number of H-pyrrole nitrogens is 2.